The fraction of sp³-hybridized carbons (Fsp3) is 0.366. The van der Waals surface area contributed by atoms with Crippen LogP contribution in [-0.4, -0.2) is 80.5 Å². The summed E-state index contributed by atoms with van der Waals surface area (Å²) in [5, 5.41) is 14.3. The van der Waals surface area contributed by atoms with Crippen LogP contribution in [0.3, 0.4) is 0 Å². The molecule has 1 amide bonds. The van der Waals surface area contributed by atoms with E-state index < -0.39 is 42.0 Å². The Bertz CT molecular complexity index is 1900. The van der Waals surface area contributed by atoms with Crippen molar-refractivity contribution in [3.63, 3.8) is 0 Å². The third-order valence-electron chi connectivity index (χ3n) is 10.3. The molecule has 5 atom stereocenters. The molecule has 1 aliphatic carbocycles. The number of primary amides is 1. The van der Waals surface area contributed by atoms with Gasteiger partial charge in [0.15, 0.2) is 13.1 Å². The lowest BCUT2D eigenvalue weighted by molar-refractivity contribution is -0.142. The van der Waals surface area contributed by atoms with Gasteiger partial charge in [-0.2, -0.15) is 0 Å². The van der Waals surface area contributed by atoms with Crippen molar-refractivity contribution in [2.45, 2.75) is 56.7 Å². The average Bonchev–Trinajstić information content (AvgIpc) is 3.78. The summed E-state index contributed by atoms with van der Waals surface area (Å²) in [6.07, 6.45) is -2.90. The second-order valence-electron chi connectivity index (χ2n) is 13.2. The molecule has 3 aliphatic rings. The Hall–Kier alpha value is -4.98. The number of anilines is 1. The number of nitrogens with zero attached hydrogens (tertiary/aromatic N) is 2. The molecule has 2 heterocycles. The number of aliphatic hydroxyl groups is 1. The summed E-state index contributed by atoms with van der Waals surface area (Å²) in [6.45, 7) is 5.55. The van der Waals surface area contributed by atoms with Gasteiger partial charge in [0.25, 0.3) is 0 Å². The van der Waals surface area contributed by atoms with Gasteiger partial charge in [0.2, 0.25) is 0 Å². The van der Waals surface area contributed by atoms with Crippen LogP contribution in [0.5, 0.6) is 5.75 Å². The number of carbonyl (C=O) groups excluding carboxylic acids is 2. The Morgan fingerprint density at radius 2 is 1.55 bits per heavy atom. The summed E-state index contributed by atoms with van der Waals surface area (Å²) in [5.74, 6) is -1.14. The highest BCUT2D eigenvalue weighted by atomic mass is 16.7. The molecule has 1 saturated heterocycles. The van der Waals surface area contributed by atoms with Gasteiger partial charge in [-0.25, -0.2) is 9.86 Å². The molecule has 1 fully saturated rings. The van der Waals surface area contributed by atoms with E-state index in [2.05, 4.69) is 41.3 Å². The number of fused-ring (bicyclic) bond motifs is 5. The molecule has 2 aliphatic heterocycles. The van der Waals surface area contributed by atoms with Gasteiger partial charge in [-0.1, -0.05) is 78.9 Å². The van der Waals surface area contributed by atoms with Crippen molar-refractivity contribution in [3.8, 4) is 16.9 Å². The summed E-state index contributed by atoms with van der Waals surface area (Å²) in [6, 6.07) is 29.5. The predicted molar refractivity (Wildman–Crippen MR) is 196 cm³/mol. The summed E-state index contributed by atoms with van der Waals surface area (Å²) >= 11 is 0. The third kappa shape index (κ3) is 6.40. The Morgan fingerprint density at radius 1 is 0.925 bits per heavy atom. The molecule has 278 valence electrons. The Morgan fingerprint density at radius 3 is 2.13 bits per heavy atom. The van der Waals surface area contributed by atoms with Crippen molar-refractivity contribution in [1.82, 2.24) is 4.90 Å². The number of nitrogens with two attached hydrogens (primary N) is 1. The van der Waals surface area contributed by atoms with Crippen LogP contribution in [0.2, 0.25) is 0 Å². The summed E-state index contributed by atoms with van der Waals surface area (Å²) in [5.41, 5.74) is 11.5. The van der Waals surface area contributed by atoms with Gasteiger partial charge in [0.05, 0.1) is 41.9 Å². The van der Waals surface area contributed by atoms with Crippen molar-refractivity contribution < 1.29 is 43.2 Å². The molecule has 0 spiro atoms. The summed E-state index contributed by atoms with van der Waals surface area (Å²) in [4.78, 5) is 33.5. The van der Waals surface area contributed by atoms with Crippen molar-refractivity contribution >= 4 is 17.7 Å². The van der Waals surface area contributed by atoms with E-state index in [1.54, 1.807) is 17.2 Å². The van der Waals surface area contributed by atoms with Gasteiger partial charge in [-0.05, 0) is 53.8 Å². The molecule has 7 rings (SSSR count). The van der Waals surface area contributed by atoms with Gasteiger partial charge in [0.1, 0.15) is 12.4 Å². The predicted octanol–water partition coefficient (Wildman–Crippen LogP) is 5.60. The van der Waals surface area contributed by atoms with Crippen LogP contribution >= 0.6 is 0 Å². The molecule has 0 aromatic heterocycles. The van der Waals surface area contributed by atoms with E-state index in [1.165, 1.54) is 14.0 Å². The lowest BCUT2D eigenvalue weighted by Gasteiger charge is -2.36. The first-order valence-corrected chi connectivity index (χ1v) is 17.9. The first kappa shape index (κ1) is 36.4. The van der Waals surface area contributed by atoms with Crippen LogP contribution in [0, 0.1) is 0 Å². The molecule has 0 saturated carbocycles. The number of rotatable bonds is 13. The first-order valence-electron chi connectivity index (χ1n) is 17.9. The number of benzene rings is 4. The molecule has 12 heteroatoms. The molecular weight excluding hydrogens is 678 g/mol. The number of hydroxylamine groups is 1. The van der Waals surface area contributed by atoms with E-state index in [9.17, 15) is 14.7 Å². The van der Waals surface area contributed by atoms with Crippen LogP contribution in [-0.2, 0) is 34.1 Å². The minimum absolute atomic E-state index is 0.139. The maximum atomic E-state index is 12.9. The molecule has 2 unspecified atom stereocenters. The highest BCUT2D eigenvalue weighted by Gasteiger charge is 2.67. The highest BCUT2D eigenvalue weighted by Crippen LogP contribution is 2.61. The monoisotopic (exact) mass is 723 g/mol. The van der Waals surface area contributed by atoms with Crippen LogP contribution in [0.15, 0.2) is 91.0 Å². The smallest absolute Gasteiger partial charge is 0.404 e. The quantitative estimate of drug-likeness (QED) is 0.131. The van der Waals surface area contributed by atoms with Crippen LogP contribution in [0.1, 0.15) is 60.8 Å². The van der Waals surface area contributed by atoms with E-state index in [4.69, 9.17) is 34.3 Å². The van der Waals surface area contributed by atoms with E-state index in [0.717, 1.165) is 27.8 Å². The van der Waals surface area contributed by atoms with Crippen LogP contribution in [0.25, 0.3) is 11.1 Å². The Labute approximate surface area is 308 Å². The van der Waals surface area contributed by atoms with E-state index in [-0.39, 0.29) is 26.0 Å². The molecule has 3 N–H and O–H groups in total. The van der Waals surface area contributed by atoms with E-state index in [0.29, 0.717) is 35.8 Å². The standard InChI is InChI=1S/C41H45N3O9/c1-5-49-39(50-6-2)26-20-33-36(35(21-26)52-24-48-4)30(23-51-40(42)47)38(46)37-34(22-43(33)53-25(3)45)44(37)41(27-14-8-7-9-15-27)31-18-12-10-16-28(31)29-17-11-13-19-32(29)41/h7-21,30,34,37-39,46H,5-6,22-24H2,1-4H3,(H2,42,47)/t30-,34-,37-,38?,44?/m0/s1. The maximum Gasteiger partial charge on any atom is 0.404 e. The SMILES string of the molecule is CCOC(OCC)c1cc(OCOC)c2c(c1)N(OC(C)=O)C[C@H]1[C@@H](C(O)[C@H]2COC(N)=O)N1C1(c2ccccc2)c2ccccc2-c2ccccc21. The van der Waals surface area contributed by atoms with Gasteiger partial charge in [-0.3, -0.25) is 9.69 Å². The fourth-order valence-electron chi connectivity index (χ4n) is 8.40. The van der Waals surface area contributed by atoms with E-state index in [1.807, 2.05) is 56.3 Å². The highest BCUT2D eigenvalue weighted by molar-refractivity contribution is 5.83. The zero-order chi connectivity index (χ0) is 37.3. The molecular formula is C41H45N3O9. The topological polar surface area (TPSA) is 142 Å². The third-order valence-corrected chi connectivity index (χ3v) is 10.3. The number of amides is 1. The normalized spacial score (nSPS) is 22.1. The number of hydrogen-bond donors (Lipinski definition) is 2. The number of aliphatic hydroxyl groups excluding tert-OH is 1. The minimum Gasteiger partial charge on any atom is -0.467 e. The lowest BCUT2D eigenvalue weighted by atomic mass is 9.80. The Kier molecular flexibility index (Phi) is 10.4. The Balaban J connectivity index is 1.47. The second kappa shape index (κ2) is 15.2. The van der Waals surface area contributed by atoms with Gasteiger partial charge < -0.3 is 39.4 Å². The molecule has 4 aromatic rings. The second-order valence-corrected chi connectivity index (χ2v) is 13.2. The largest absolute Gasteiger partial charge is 0.467 e. The zero-order valence-electron chi connectivity index (χ0n) is 30.3. The fourth-order valence-corrected chi connectivity index (χ4v) is 8.40. The number of carbonyl (C=O) groups is 2. The summed E-state index contributed by atoms with van der Waals surface area (Å²) < 4.78 is 29.0. The van der Waals surface area contributed by atoms with Crippen molar-refractivity contribution in [3.05, 3.63) is 119 Å². The van der Waals surface area contributed by atoms with E-state index >= 15 is 0 Å². The molecule has 4 aromatic carbocycles. The number of hydrogen-bond acceptors (Lipinski definition) is 11. The van der Waals surface area contributed by atoms with Crippen molar-refractivity contribution in [2.75, 3.05) is 45.3 Å². The summed E-state index contributed by atoms with van der Waals surface area (Å²) in [7, 11) is 1.50. The first-order chi connectivity index (χ1) is 25.8. The lowest BCUT2D eigenvalue weighted by Crippen LogP contribution is -2.41. The van der Waals surface area contributed by atoms with Crippen LogP contribution < -0.4 is 15.5 Å². The van der Waals surface area contributed by atoms with Crippen molar-refractivity contribution in [2.24, 2.45) is 5.73 Å². The molecule has 53 heavy (non-hydrogen) atoms. The average molecular weight is 724 g/mol. The van der Waals surface area contributed by atoms with Crippen molar-refractivity contribution in [1.29, 1.82) is 0 Å². The molecule has 0 radical (unpaired) electrons. The maximum absolute atomic E-state index is 12.9. The molecule has 0 bridgehead atoms. The number of methoxy groups -OCH3 is 1. The zero-order valence-corrected chi connectivity index (χ0v) is 30.3. The van der Waals surface area contributed by atoms with Crippen LogP contribution in [0.4, 0.5) is 10.5 Å². The van der Waals surface area contributed by atoms with Gasteiger partial charge in [-0.15, -0.1) is 0 Å². The minimum atomic E-state index is -1.12. The van der Waals surface area contributed by atoms with Gasteiger partial charge >= 0.3 is 12.1 Å². The van der Waals surface area contributed by atoms with Gasteiger partial charge in [0, 0.05) is 38.4 Å². The number of ether oxygens (including phenoxy) is 5. The molecule has 12 nitrogen and oxygen atoms in total.